The first kappa shape index (κ1) is 10.7. The van der Waals surface area contributed by atoms with E-state index in [1.807, 2.05) is 5.38 Å². The number of aromatic nitrogens is 3. The number of nitrogens with zero attached hydrogens (tertiary/aromatic N) is 3. The number of rotatable bonds is 5. The van der Waals surface area contributed by atoms with Gasteiger partial charge in [0, 0.05) is 24.7 Å². The molecule has 0 bridgehead atoms. The minimum atomic E-state index is -0.146. The van der Waals surface area contributed by atoms with Crippen molar-refractivity contribution in [3.63, 3.8) is 0 Å². The predicted octanol–water partition coefficient (Wildman–Crippen LogP) is 0.1000. The molecule has 0 aromatic carbocycles. The zero-order chi connectivity index (χ0) is 11.4. The van der Waals surface area contributed by atoms with E-state index in [2.05, 4.69) is 25.2 Å². The first-order valence-corrected chi connectivity index (χ1v) is 5.40. The smallest absolute Gasteiger partial charge is 0.173 e. The molecule has 84 valence electrons. The Morgan fingerprint density at radius 2 is 2.38 bits per heavy atom. The van der Waals surface area contributed by atoms with E-state index in [1.54, 1.807) is 17.5 Å². The Bertz CT molecular complexity index is 465. The third-order valence-corrected chi connectivity index (χ3v) is 2.64. The number of nitrogens with two attached hydrogens (primary N) is 1. The van der Waals surface area contributed by atoms with Gasteiger partial charge in [0.05, 0.1) is 0 Å². The van der Waals surface area contributed by atoms with Gasteiger partial charge >= 0.3 is 0 Å². The summed E-state index contributed by atoms with van der Waals surface area (Å²) in [7, 11) is 0. The Morgan fingerprint density at radius 1 is 1.50 bits per heavy atom. The summed E-state index contributed by atoms with van der Waals surface area (Å²) in [6.07, 6.45) is 1.75. The SMILES string of the molecule is N=C(N)c1nonc1CNCc1nccs1. The molecular weight excluding hydrogens is 228 g/mol. The van der Waals surface area contributed by atoms with Crippen LogP contribution in [-0.4, -0.2) is 21.1 Å². The molecule has 0 fully saturated rings. The fourth-order valence-electron chi connectivity index (χ4n) is 1.16. The van der Waals surface area contributed by atoms with Crippen molar-refractivity contribution in [3.8, 4) is 0 Å². The first-order chi connectivity index (χ1) is 7.77. The van der Waals surface area contributed by atoms with E-state index >= 15 is 0 Å². The Morgan fingerprint density at radius 3 is 3.06 bits per heavy atom. The largest absolute Gasteiger partial charge is 0.382 e. The van der Waals surface area contributed by atoms with E-state index in [9.17, 15) is 0 Å². The predicted molar refractivity (Wildman–Crippen MR) is 58.0 cm³/mol. The summed E-state index contributed by atoms with van der Waals surface area (Å²) in [5, 5.41) is 20.5. The van der Waals surface area contributed by atoms with Crippen molar-refractivity contribution < 1.29 is 4.63 Å². The monoisotopic (exact) mass is 238 g/mol. The summed E-state index contributed by atoms with van der Waals surface area (Å²) in [5.41, 5.74) is 6.12. The van der Waals surface area contributed by atoms with Crippen LogP contribution in [0.4, 0.5) is 0 Å². The lowest BCUT2D eigenvalue weighted by Crippen LogP contribution is -2.19. The first-order valence-electron chi connectivity index (χ1n) is 4.52. The van der Waals surface area contributed by atoms with Crippen molar-refractivity contribution >= 4 is 17.2 Å². The summed E-state index contributed by atoms with van der Waals surface area (Å²) in [6, 6.07) is 0. The summed E-state index contributed by atoms with van der Waals surface area (Å²) in [4.78, 5) is 4.12. The number of thiazole rings is 1. The fraction of sp³-hybridized carbons (Fsp3) is 0.250. The highest BCUT2D eigenvalue weighted by molar-refractivity contribution is 7.09. The number of nitrogens with one attached hydrogen (secondary N) is 2. The zero-order valence-electron chi connectivity index (χ0n) is 8.30. The third-order valence-electron chi connectivity index (χ3n) is 1.86. The van der Waals surface area contributed by atoms with E-state index < -0.39 is 0 Å². The van der Waals surface area contributed by atoms with E-state index in [0.717, 1.165) is 5.01 Å². The van der Waals surface area contributed by atoms with Crippen LogP contribution in [0, 0.1) is 5.41 Å². The second kappa shape index (κ2) is 4.81. The van der Waals surface area contributed by atoms with Gasteiger partial charge in [0.15, 0.2) is 5.69 Å². The molecule has 2 heterocycles. The average molecular weight is 238 g/mol. The summed E-state index contributed by atoms with van der Waals surface area (Å²) in [6.45, 7) is 1.08. The lowest BCUT2D eigenvalue weighted by molar-refractivity contribution is 0.301. The number of hydrogen-bond donors (Lipinski definition) is 3. The second-order valence-electron chi connectivity index (χ2n) is 3.00. The van der Waals surface area contributed by atoms with Crippen molar-refractivity contribution in [3.05, 3.63) is 28.0 Å². The highest BCUT2D eigenvalue weighted by Crippen LogP contribution is 2.05. The molecule has 0 atom stereocenters. The van der Waals surface area contributed by atoms with Crippen LogP contribution in [0.25, 0.3) is 0 Å². The van der Waals surface area contributed by atoms with Gasteiger partial charge in [-0.3, -0.25) is 5.41 Å². The Labute approximate surface area is 95.2 Å². The molecule has 2 aromatic heterocycles. The van der Waals surface area contributed by atoms with Crippen LogP contribution in [0.1, 0.15) is 16.4 Å². The Balaban J connectivity index is 1.90. The maximum Gasteiger partial charge on any atom is 0.173 e. The number of amidine groups is 1. The Kier molecular flexibility index (Phi) is 3.22. The van der Waals surface area contributed by atoms with Crippen LogP contribution in [0.15, 0.2) is 16.2 Å². The van der Waals surface area contributed by atoms with Gasteiger partial charge in [-0.2, -0.15) is 0 Å². The van der Waals surface area contributed by atoms with E-state index in [1.165, 1.54) is 0 Å². The molecule has 2 rings (SSSR count). The second-order valence-corrected chi connectivity index (χ2v) is 3.98. The minimum Gasteiger partial charge on any atom is -0.382 e. The van der Waals surface area contributed by atoms with Crippen molar-refractivity contribution in [2.24, 2.45) is 5.73 Å². The number of hydrogen-bond acceptors (Lipinski definition) is 7. The molecule has 0 aliphatic carbocycles. The van der Waals surface area contributed by atoms with Crippen LogP contribution in [0.2, 0.25) is 0 Å². The molecular formula is C8H10N6OS. The van der Waals surface area contributed by atoms with Crippen LogP contribution in [0.5, 0.6) is 0 Å². The van der Waals surface area contributed by atoms with Gasteiger partial charge in [-0.05, 0) is 5.16 Å². The average Bonchev–Trinajstić information content (AvgIpc) is 2.87. The molecule has 0 aliphatic rings. The van der Waals surface area contributed by atoms with Crippen molar-refractivity contribution in [2.75, 3.05) is 0 Å². The summed E-state index contributed by atoms with van der Waals surface area (Å²) in [5.74, 6) is -0.146. The quantitative estimate of drug-likeness (QED) is 0.503. The molecule has 0 amide bonds. The molecule has 0 saturated carbocycles. The maximum absolute atomic E-state index is 7.24. The molecule has 16 heavy (non-hydrogen) atoms. The lowest BCUT2D eigenvalue weighted by Gasteiger charge is -1.99. The minimum absolute atomic E-state index is 0.146. The molecule has 0 saturated heterocycles. The van der Waals surface area contributed by atoms with Crippen LogP contribution < -0.4 is 11.1 Å². The standard InChI is InChI=1S/C8H10N6OS/c9-8(10)7-5(13-15-14-7)3-11-4-6-12-1-2-16-6/h1-2,11H,3-4H2,(H3,9,10). The lowest BCUT2D eigenvalue weighted by atomic mass is 10.3. The van der Waals surface area contributed by atoms with Gasteiger partial charge in [0.1, 0.15) is 16.5 Å². The fourth-order valence-corrected chi connectivity index (χ4v) is 1.74. The molecule has 0 spiro atoms. The number of nitrogen functional groups attached to an aromatic ring is 1. The summed E-state index contributed by atoms with van der Waals surface area (Å²) < 4.78 is 4.52. The highest BCUT2D eigenvalue weighted by atomic mass is 32.1. The topological polar surface area (TPSA) is 114 Å². The Hall–Kier alpha value is -1.80. The molecule has 2 aromatic rings. The zero-order valence-corrected chi connectivity index (χ0v) is 9.12. The van der Waals surface area contributed by atoms with Crippen molar-refractivity contribution in [1.29, 1.82) is 5.41 Å². The third kappa shape index (κ3) is 2.41. The molecule has 0 radical (unpaired) electrons. The van der Waals surface area contributed by atoms with Gasteiger partial charge in [-0.25, -0.2) is 9.61 Å². The normalized spacial score (nSPS) is 10.5. The van der Waals surface area contributed by atoms with Crippen molar-refractivity contribution in [1.82, 2.24) is 20.6 Å². The molecule has 0 unspecified atom stereocenters. The van der Waals surface area contributed by atoms with Gasteiger partial charge in [0.25, 0.3) is 0 Å². The van der Waals surface area contributed by atoms with Gasteiger partial charge in [0.2, 0.25) is 0 Å². The molecule has 8 heteroatoms. The van der Waals surface area contributed by atoms with Crippen molar-refractivity contribution in [2.45, 2.75) is 13.1 Å². The maximum atomic E-state index is 7.24. The van der Waals surface area contributed by atoms with E-state index in [4.69, 9.17) is 11.1 Å². The van der Waals surface area contributed by atoms with Gasteiger partial charge in [-0.15, -0.1) is 11.3 Å². The van der Waals surface area contributed by atoms with Gasteiger partial charge in [-0.1, -0.05) is 5.16 Å². The van der Waals surface area contributed by atoms with E-state index in [0.29, 0.717) is 18.8 Å². The molecule has 4 N–H and O–H groups in total. The summed E-state index contributed by atoms with van der Waals surface area (Å²) >= 11 is 1.57. The highest BCUT2D eigenvalue weighted by Gasteiger charge is 2.11. The van der Waals surface area contributed by atoms with Crippen LogP contribution >= 0.6 is 11.3 Å². The molecule has 0 aliphatic heterocycles. The van der Waals surface area contributed by atoms with Crippen LogP contribution in [-0.2, 0) is 13.1 Å². The molecule has 7 nitrogen and oxygen atoms in total. The van der Waals surface area contributed by atoms with Gasteiger partial charge < -0.3 is 11.1 Å². The van der Waals surface area contributed by atoms with Crippen LogP contribution in [0.3, 0.4) is 0 Å². The van der Waals surface area contributed by atoms with E-state index in [-0.39, 0.29) is 11.5 Å².